The molecule has 0 heterocycles. The lowest BCUT2D eigenvalue weighted by atomic mass is 9.79. The number of carboxylic acid groups (broad SMARTS) is 1. The van der Waals surface area contributed by atoms with Crippen LogP contribution < -0.4 is 11.1 Å². The first kappa shape index (κ1) is 15.9. The van der Waals surface area contributed by atoms with Crippen molar-refractivity contribution in [2.24, 2.45) is 11.1 Å². The fraction of sp³-hybridized carbons (Fsp3) is 0.846. The van der Waals surface area contributed by atoms with Gasteiger partial charge < -0.3 is 20.9 Å². The molecular weight excluding hydrogens is 248 g/mol. The molecule has 110 valence electrons. The van der Waals surface area contributed by atoms with Crippen molar-refractivity contribution in [1.82, 2.24) is 5.32 Å². The Bertz CT molecular complexity index is 299. The van der Waals surface area contributed by atoms with Gasteiger partial charge in [0.05, 0.1) is 12.0 Å². The van der Waals surface area contributed by atoms with Gasteiger partial charge in [0.15, 0.2) is 0 Å². The van der Waals surface area contributed by atoms with Crippen LogP contribution in [0.1, 0.15) is 38.5 Å². The van der Waals surface area contributed by atoms with Crippen molar-refractivity contribution in [3.63, 3.8) is 0 Å². The number of ether oxygens (including phenoxy) is 1. The maximum absolute atomic E-state index is 12.2. The Labute approximate surface area is 113 Å². The van der Waals surface area contributed by atoms with E-state index in [4.69, 9.17) is 15.6 Å². The van der Waals surface area contributed by atoms with Crippen LogP contribution in [0.25, 0.3) is 0 Å². The average Bonchev–Trinajstić information content (AvgIpc) is 2.64. The Kier molecular flexibility index (Phi) is 6.80. The third-order valence-electron chi connectivity index (χ3n) is 3.69. The number of nitrogens with two attached hydrogens (primary N) is 1. The van der Waals surface area contributed by atoms with Crippen LogP contribution in [0.2, 0.25) is 0 Å². The van der Waals surface area contributed by atoms with Gasteiger partial charge in [0.2, 0.25) is 5.91 Å². The fourth-order valence-corrected chi connectivity index (χ4v) is 2.51. The summed E-state index contributed by atoms with van der Waals surface area (Å²) in [5, 5.41) is 11.2. The highest BCUT2D eigenvalue weighted by atomic mass is 16.5. The Morgan fingerprint density at radius 2 is 1.84 bits per heavy atom. The van der Waals surface area contributed by atoms with Crippen molar-refractivity contribution in [2.45, 2.75) is 38.5 Å². The van der Waals surface area contributed by atoms with E-state index < -0.39 is 11.4 Å². The molecule has 0 radical (unpaired) electrons. The van der Waals surface area contributed by atoms with Crippen LogP contribution in [0.5, 0.6) is 0 Å². The molecule has 1 aliphatic carbocycles. The summed E-state index contributed by atoms with van der Waals surface area (Å²) in [5.41, 5.74) is 5.37. The van der Waals surface area contributed by atoms with Gasteiger partial charge in [-0.15, -0.1) is 0 Å². The molecule has 0 saturated heterocycles. The highest BCUT2D eigenvalue weighted by Crippen LogP contribution is 2.34. The van der Waals surface area contributed by atoms with E-state index >= 15 is 0 Å². The van der Waals surface area contributed by atoms with Crippen LogP contribution in [0.15, 0.2) is 0 Å². The van der Waals surface area contributed by atoms with Gasteiger partial charge in [0.25, 0.3) is 0 Å². The van der Waals surface area contributed by atoms with E-state index in [9.17, 15) is 9.59 Å². The summed E-state index contributed by atoms with van der Waals surface area (Å²) in [7, 11) is 0. The molecule has 0 aromatic carbocycles. The van der Waals surface area contributed by atoms with Crippen LogP contribution >= 0.6 is 0 Å². The summed E-state index contributed by atoms with van der Waals surface area (Å²) in [4.78, 5) is 22.5. The van der Waals surface area contributed by atoms with Crippen molar-refractivity contribution in [3.05, 3.63) is 0 Å². The Balaban J connectivity index is 2.34. The lowest BCUT2D eigenvalue weighted by Crippen LogP contribution is -2.46. The second-order valence-corrected chi connectivity index (χ2v) is 5.10. The van der Waals surface area contributed by atoms with E-state index in [0.717, 1.165) is 38.5 Å². The molecule has 1 fully saturated rings. The molecule has 0 atom stereocenters. The zero-order valence-electron chi connectivity index (χ0n) is 11.3. The van der Waals surface area contributed by atoms with E-state index in [2.05, 4.69) is 5.32 Å². The molecule has 0 aromatic rings. The minimum atomic E-state index is -1.01. The van der Waals surface area contributed by atoms with E-state index in [1.807, 2.05) is 0 Å². The monoisotopic (exact) mass is 272 g/mol. The van der Waals surface area contributed by atoms with E-state index in [1.54, 1.807) is 0 Å². The average molecular weight is 272 g/mol. The zero-order valence-corrected chi connectivity index (χ0v) is 11.3. The third kappa shape index (κ3) is 5.16. The van der Waals surface area contributed by atoms with Crippen molar-refractivity contribution in [3.8, 4) is 0 Å². The minimum absolute atomic E-state index is 0.0178. The highest BCUT2D eigenvalue weighted by Gasteiger charge is 2.36. The molecule has 1 amide bonds. The van der Waals surface area contributed by atoms with Gasteiger partial charge in [-0.05, 0) is 12.8 Å². The third-order valence-corrected chi connectivity index (χ3v) is 3.69. The van der Waals surface area contributed by atoms with E-state index in [1.165, 1.54) is 0 Å². The van der Waals surface area contributed by atoms with Crippen LogP contribution in [0.3, 0.4) is 0 Å². The van der Waals surface area contributed by atoms with Gasteiger partial charge in [-0.3, -0.25) is 4.79 Å². The molecule has 1 rings (SSSR count). The number of carboxylic acids is 1. The lowest BCUT2D eigenvalue weighted by molar-refractivity contribution is -0.142. The number of aliphatic carboxylic acids is 1. The fourth-order valence-electron chi connectivity index (χ4n) is 2.51. The van der Waals surface area contributed by atoms with E-state index in [-0.39, 0.29) is 19.1 Å². The van der Waals surface area contributed by atoms with Crippen LogP contribution in [0, 0.1) is 5.41 Å². The number of nitrogens with one attached hydrogen (secondary N) is 1. The van der Waals surface area contributed by atoms with Crippen molar-refractivity contribution >= 4 is 11.9 Å². The molecule has 19 heavy (non-hydrogen) atoms. The first-order valence-corrected chi connectivity index (χ1v) is 6.89. The molecule has 6 heteroatoms. The van der Waals surface area contributed by atoms with Crippen LogP contribution in [-0.4, -0.2) is 43.3 Å². The number of carbonyl (C=O) groups excluding carboxylic acids is 1. The Morgan fingerprint density at radius 3 is 2.37 bits per heavy atom. The Morgan fingerprint density at radius 1 is 1.21 bits per heavy atom. The first-order chi connectivity index (χ1) is 9.10. The summed E-state index contributed by atoms with van der Waals surface area (Å²) >= 11 is 0. The maximum atomic E-state index is 12.2. The molecule has 0 unspecified atom stereocenters. The summed E-state index contributed by atoms with van der Waals surface area (Å²) in [6.45, 7) is 0.569. The number of amides is 1. The molecule has 4 N–H and O–H groups in total. The quantitative estimate of drug-likeness (QED) is 0.463. The van der Waals surface area contributed by atoms with Crippen molar-refractivity contribution < 1.29 is 19.4 Å². The zero-order chi connectivity index (χ0) is 14.1. The molecule has 1 aliphatic rings. The molecule has 1 saturated carbocycles. The summed E-state index contributed by atoms with van der Waals surface area (Å²) in [6, 6.07) is 0. The van der Waals surface area contributed by atoms with Gasteiger partial charge in [-0.1, -0.05) is 25.7 Å². The minimum Gasteiger partial charge on any atom is -0.480 e. The van der Waals surface area contributed by atoms with Gasteiger partial charge >= 0.3 is 5.97 Å². The molecular formula is C13H24N2O4. The van der Waals surface area contributed by atoms with Gasteiger partial charge in [-0.2, -0.15) is 0 Å². The van der Waals surface area contributed by atoms with Gasteiger partial charge in [0.1, 0.15) is 6.61 Å². The van der Waals surface area contributed by atoms with Crippen molar-refractivity contribution in [1.29, 1.82) is 0 Å². The second-order valence-electron chi connectivity index (χ2n) is 5.10. The first-order valence-electron chi connectivity index (χ1n) is 6.89. The molecule has 0 spiro atoms. The van der Waals surface area contributed by atoms with Crippen LogP contribution in [-0.2, 0) is 14.3 Å². The van der Waals surface area contributed by atoms with Gasteiger partial charge in [-0.25, -0.2) is 4.79 Å². The number of hydrogen-bond donors (Lipinski definition) is 3. The predicted octanol–water partition coefficient (Wildman–Crippen LogP) is 0.503. The van der Waals surface area contributed by atoms with E-state index in [0.29, 0.717) is 13.1 Å². The SMILES string of the molecule is NCC1(C(=O)NCCOCC(=O)O)CCCCCC1. The largest absolute Gasteiger partial charge is 0.480 e. The number of hydrogen-bond acceptors (Lipinski definition) is 4. The van der Waals surface area contributed by atoms with Gasteiger partial charge in [0, 0.05) is 13.1 Å². The normalized spacial score (nSPS) is 18.6. The summed E-state index contributed by atoms with van der Waals surface area (Å²) < 4.78 is 4.88. The lowest BCUT2D eigenvalue weighted by Gasteiger charge is -2.29. The summed E-state index contributed by atoms with van der Waals surface area (Å²) in [6.07, 6.45) is 6.09. The predicted molar refractivity (Wildman–Crippen MR) is 70.7 cm³/mol. The standard InChI is InChI=1S/C13H24N2O4/c14-10-13(5-3-1-2-4-6-13)12(18)15-7-8-19-9-11(16)17/h1-10,14H2,(H,15,18)(H,16,17). The van der Waals surface area contributed by atoms with Crippen LogP contribution in [0.4, 0.5) is 0 Å². The highest BCUT2D eigenvalue weighted by molar-refractivity contribution is 5.82. The number of carbonyl (C=O) groups is 2. The maximum Gasteiger partial charge on any atom is 0.329 e. The summed E-state index contributed by atoms with van der Waals surface area (Å²) in [5.74, 6) is -1.02. The molecule has 0 aromatic heterocycles. The molecule has 0 bridgehead atoms. The Hall–Kier alpha value is -1.14. The van der Waals surface area contributed by atoms with Crippen molar-refractivity contribution in [2.75, 3.05) is 26.3 Å². The molecule has 6 nitrogen and oxygen atoms in total. The number of rotatable bonds is 7. The second kappa shape index (κ2) is 8.12. The smallest absolute Gasteiger partial charge is 0.329 e. The topological polar surface area (TPSA) is 102 Å². The molecule has 0 aliphatic heterocycles.